The normalized spacial score (nSPS) is 22.0. The predicted octanol–water partition coefficient (Wildman–Crippen LogP) is 2.57. The Hall–Kier alpha value is -1.02. The van der Waals surface area contributed by atoms with Gasteiger partial charge < -0.3 is 0 Å². The number of thioether (sulfide) groups is 1. The summed E-state index contributed by atoms with van der Waals surface area (Å²) >= 11 is 2.09. The highest BCUT2D eigenvalue weighted by atomic mass is 32.2. The topological polar surface area (TPSA) is 30.3 Å². The molecule has 0 saturated carbocycles. The number of likely N-dealkylation sites (tertiary alicyclic amines) is 1. The fourth-order valence-corrected chi connectivity index (χ4v) is 4.31. The molecule has 0 unspecified atom stereocenters. The molecule has 0 radical (unpaired) electrons. The number of hydrogen-bond acceptors (Lipinski definition) is 4. The summed E-state index contributed by atoms with van der Waals surface area (Å²) in [6, 6.07) is 11.1. The van der Waals surface area contributed by atoms with Crippen molar-refractivity contribution in [2.24, 2.45) is 0 Å². The third-order valence-electron chi connectivity index (χ3n) is 4.58. The van der Waals surface area contributed by atoms with Crippen molar-refractivity contribution in [1.29, 1.82) is 5.26 Å². The van der Waals surface area contributed by atoms with Crippen molar-refractivity contribution in [3.8, 4) is 6.07 Å². The largest absolute Gasteiger partial charge is 0.299 e. The van der Waals surface area contributed by atoms with Crippen LogP contribution in [0.3, 0.4) is 0 Å². The van der Waals surface area contributed by atoms with Crippen LogP contribution in [0.2, 0.25) is 0 Å². The Morgan fingerprint density at radius 2 is 1.90 bits per heavy atom. The van der Waals surface area contributed by atoms with E-state index in [0.29, 0.717) is 0 Å². The van der Waals surface area contributed by atoms with Gasteiger partial charge in [-0.2, -0.15) is 17.0 Å². The molecule has 1 aromatic rings. The minimum absolute atomic E-state index is 0.771. The minimum Gasteiger partial charge on any atom is -0.299 e. The van der Waals surface area contributed by atoms with E-state index in [-0.39, 0.29) is 0 Å². The number of nitrogens with zero attached hydrogens (tertiary/aromatic N) is 3. The Bertz CT molecular complexity index is 497. The molecule has 0 amide bonds. The predicted molar refractivity (Wildman–Crippen MR) is 88.4 cm³/mol. The Morgan fingerprint density at radius 1 is 1.14 bits per heavy atom. The van der Waals surface area contributed by atoms with E-state index in [1.807, 2.05) is 18.2 Å². The Balaban J connectivity index is 1.50. The molecule has 2 aliphatic heterocycles. The van der Waals surface area contributed by atoms with Gasteiger partial charge in [0.25, 0.3) is 0 Å². The maximum atomic E-state index is 8.98. The van der Waals surface area contributed by atoms with Crippen LogP contribution in [0, 0.1) is 11.3 Å². The maximum absolute atomic E-state index is 8.98. The molecule has 0 N–H and O–H groups in total. The van der Waals surface area contributed by atoms with Gasteiger partial charge in [0, 0.05) is 37.2 Å². The van der Waals surface area contributed by atoms with Gasteiger partial charge in [-0.1, -0.05) is 12.1 Å². The molecule has 4 heteroatoms. The molecule has 2 saturated heterocycles. The van der Waals surface area contributed by atoms with Gasteiger partial charge in [0.15, 0.2) is 0 Å². The summed E-state index contributed by atoms with van der Waals surface area (Å²) in [4.78, 5) is 5.23. The monoisotopic (exact) mass is 301 g/mol. The summed E-state index contributed by atoms with van der Waals surface area (Å²) in [6.07, 6.45) is 2.59. The lowest BCUT2D eigenvalue weighted by Gasteiger charge is -2.40. The smallest absolute Gasteiger partial charge is 0.0991 e. The van der Waals surface area contributed by atoms with Crippen LogP contribution in [0.25, 0.3) is 0 Å². The number of hydrogen-bond donors (Lipinski definition) is 0. The van der Waals surface area contributed by atoms with E-state index < -0.39 is 0 Å². The third kappa shape index (κ3) is 4.00. The van der Waals surface area contributed by atoms with Crippen molar-refractivity contribution in [3.63, 3.8) is 0 Å². The number of nitriles is 1. The van der Waals surface area contributed by atoms with Gasteiger partial charge in [-0.05, 0) is 43.6 Å². The van der Waals surface area contributed by atoms with Crippen LogP contribution in [0.15, 0.2) is 24.3 Å². The zero-order valence-corrected chi connectivity index (χ0v) is 13.3. The first kappa shape index (κ1) is 14.9. The third-order valence-corrected chi connectivity index (χ3v) is 5.52. The van der Waals surface area contributed by atoms with E-state index in [9.17, 15) is 0 Å². The summed E-state index contributed by atoms with van der Waals surface area (Å²) in [6.45, 7) is 5.91. The van der Waals surface area contributed by atoms with Crippen LogP contribution in [0.1, 0.15) is 24.0 Å². The van der Waals surface area contributed by atoms with Gasteiger partial charge in [0.2, 0.25) is 0 Å². The van der Waals surface area contributed by atoms with Gasteiger partial charge in [0.05, 0.1) is 11.6 Å². The fraction of sp³-hybridized carbons (Fsp3) is 0.588. The van der Waals surface area contributed by atoms with Crippen LogP contribution in [0.4, 0.5) is 0 Å². The average molecular weight is 301 g/mol. The number of rotatable bonds is 3. The minimum atomic E-state index is 0.771. The van der Waals surface area contributed by atoms with Gasteiger partial charge >= 0.3 is 0 Å². The summed E-state index contributed by atoms with van der Waals surface area (Å²) in [5.74, 6) is 2.61. The van der Waals surface area contributed by atoms with Crippen molar-refractivity contribution in [3.05, 3.63) is 35.4 Å². The molecule has 1 aromatic carbocycles. The molecule has 0 spiro atoms. The lowest BCUT2D eigenvalue weighted by molar-refractivity contribution is 0.112. The van der Waals surface area contributed by atoms with E-state index in [0.717, 1.165) is 18.2 Å². The van der Waals surface area contributed by atoms with Gasteiger partial charge in [-0.3, -0.25) is 9.80 Å². The second-order valence-electron chi connectivity index (χ2n) is 5.97. The Labute approximate surface area is 131 Å². The van der Waals surface area contributed by atoms with Crippen LogP contribution in [-0.2, 0) is 6.54 Å². The molecular weight excluding hydrogens is 278 g/mol. The molecule has 0 aromatic heterocycles. The second-order valence-corrected chi connectivity index (χ2v) is 7.19. The Morgan fingerprint density at radius 3 is 2.62 bits per heavy atom. The van der Waals surface area contributed by atoms with Gasteiger partial charge in [0.1, 0.15) is 0 Å². The first-order chi connectivity index (χ1) is 10.3. The van der Waals surface area contributed by atoms with Crippen molar-refractivity contribution in [2.75, 3.05) is 37.7 Å². The van der Waals surface area contributed by atoms with Crippen LogP contribution in [0.5, 0.6) is 0 Å². The van der Waals surface area contributed by atoms with Crippen molar-refractivity contribution in [1.82, 2.24) is 9.80 Å². The van der Waals surface area contributed by atoms with E-state index in [4.69, 9.17) is 5.26 Å². The molecule has 2 fully saturated rings. The number of benzene rings is 1. The van der Waals surface area contributed by atoms with Gasteiger partial charge in [-0.25, -0.2) is 0 Å². The molecule has 0 atom stereocenters. The van der Waals surface area contributed by atoms with E-state index >= 15 is 0 Å². The molecule has 112 valence electrons. The molecule has 2 heterocycles. The maximum Gasteiger partial charge on any atom is 0.0991 e. The number of piperidine rings is 1. The second kappa shape index (κ2) is 7.31. The highest BCUT2D eigenvalue weighted by Gasteiger charge is 2.25. The van der Waals surface area contributed by atoms with Crippen molar-refractivity contribution in [2.45, 2.75) is 25.4 Å². The SMILES string of the molecule is N#Cc1cccc(CN2CCC(N3CCSCC3)CC2)c1. The molecule has 3 nitrogen and oxygen atoms in total. The lowest BCUT2D eigenvalue weighted by Crippen LogP contribution is -2.47. The Kier molecular flexibility index (Phi) is 5.18. The van der Waals surface area contributed by atoms with Crippen LogP contribution >= 0.6 is 11.8 Å². The molecule has 3 rings (SSSR count). The summed E-state index contributed by atoms with van der Waals surface area (Å²) in [5.41, 5.74) is 2.04. The first-order valence-corrected chi connectivity index (χ1v) is 9.04. The van der Waals surface area contributed by atoms with Crippen LogP contribution in [-0.4, -0.2) is 53.5 Å². The standard InChI is InChI=1S/C17H23N3S/c18-13-15-2-1-3-16(12-15)14-19-6-4-17(5-7-19)20-8-10-21-11-9-20/h1-3,12,17H,4-11,14H2. The lowest BCUT2D eigenvalue weighted by atomic mass is 10.0. The van der Waals surface area contributed by atoms with E-state index in [1.54, 1.807) is 0 Å². The summed E-state index contributed by atoms with van der Waals surface area (Å²) in [7, 11) is 0. The quantitative estimate of drug-likeness (QED) is 0.858. The first-order valence-electron chi connectivity index (χ1n) is 7.88. The zero-order valence-electron chi connectivity index (χ0n) is 12.5. The van der Waals surface area contributed by atoms with E-state index in [2.05, 4.69) is 33.7 Å². The van der Waals surface area contributed by atoms with Crippen molar-refractivity contribution < 1.29 is 0 Å². The van der Waals surface area contributed by atoms with E-state index in [1.165, 1.54) is 56.1 Å². The van der Waals surface area contributed by atoms with Crippen molar-refractivity contribution >= 4 is 11.8 Å². The van der Waals surface area contributed by atoms with Crippen LogP contribution < -0.4 is 0 Å². The molecule has 2 aliphatic rings. The fourth-order valence-electron chi connectivity index (χ4n) is 3.38. The highest BCUT2D eigenvalue weighted by Crippen LogP contribution is 2.21. The summed E-state index contributed by atoms with van der Waals surface area (Å²) in [5, 5.41) is 8.98. The highest BCUT2D eigenvalue weighted by molar-refractivity contribution is 7.99. The summed E-state index contributed by atoms with van der Waals surface area (Å²) < 4.78 is 0. The van der Waals surface area contributed by atoms with Gasteiger partial charge in [-0.15, -0.1) is 0 Å². The molecule has 0 aliphatic carbocycles. The zero-order chi connectivity index (χ0) is 14.5. The molecular formula is C17H23N3S. The average Bonchev–Trinajstić information content (AvgIpc) is 2.56. The molecule has 0 bridgehead atoms. The molecule has 21 heavy (non-hydrogen) atoms.